The van der Waals surface area contributed by atoms with Gasteiger partial charge in [0, 0.05) is 18.1 Å². The second kappa shape index (κ2) is 7.78. The summed E-state index contributed by atoms with van der Waals surface area (Å²) in [4.78, 5) is 11.9. The fraction of sp³-hybridized carbons (Fsp3) is 0.609. The number of epoxide rings is 1. The van der Waals surface area contributed by atoms with Crippen LogP contribution in [0.15, 0.2) is 30.5 Å². The van der Waals surface area contributed by atoms with Gasteiger partial charge in [-0.3, -0.25) is 0 Å². The van der Waals surface area contributed by atoms with Gasteiger partial charge in [0.2, 0.25) is 0 Å². The Labute approximate surface area is 168 Å². The first-order valence-corrected chi connectivity index (χ1v) is 10.3. The second-order valence-electron chi connectivity index (χ2n) is 9.44. The number of carbonyl (C=O) groups is 1. The first kappa shape index (κ1) is 20.7. The maximum absolute atomic E-state index is 11.9. The van der Waals surface area contributed by atoms with Crippen molar-refractivity contribution in [3.8, 4) is 0 Å². The molecule has 2 aromatic rings. The standard InChI is InChI=1S/C23H34N2O3/c1-7-13-23(5,6)19-20(27-19)25-15-16(17-10-8-9-11-18(17)25)12-14-24-21(26)28-22(2,3)4/h8-11,15,19-20H,7,12-14H2,1-6H3,(H,24,26). The molecule has 5 nitrogen and oxygen atoms in total. The van der Waals surface area contributed by atoms with Crippen LogP contribution in [0.1, 0.15) is 66.2 Å². The third kappa shape index (κ3) is 4.69. The molecule has 0 bridgehead atoms. The highest BCUT2D eigenvalue weighted by molar-refractivity contribution is 5.84. The van der Waals surface area contributed by atoms with Gasteiger partial charge in [0.15, 0.2) is 6.23 Å². The lowest BCUT2D eigenvalue weighted by Gasteiger charge is -2.21. The summed E-state index contributed by atoms with van der Waals surface area (Å²) in [6.45, 7) is 12.9. The Morgan fingerprint density at radius 1 is 1.21 bits per heavy atom. The van der Waals surface area contributed by atoms with Gasteiger partial charge in [0.1, 0.15) is 11.7 Å². The van der Waals surface area contributed by atoms with E-state index in [0.29, 0.717) is 6.54 Å². The SMILES string of the molecule is CCCC(C)(C)C1OC1n1cc(CCNC(=O)OC(C)(C)C)c2ccccc21. The van der Waals surface area contributed by atoms with Gasteiger partial charge in [0.05, 0.1) is 5.52 Å². The van der Waals surface area contributed by atoms with Crippen LogP contribution in [0.5, 0.6) is 0 Å². The molecular formula is C23H34N2O3. The van der Waals surface area contributed by atoms with E-state index in [1.54, 1.807) is 0 Å². The zero-order valence-electron chi connectivity index (χ0n) is 18.0. The lowest BCUT2D eigenvalue weighted by atomic mass is 9.84. The third-order valence-corrected chi connectivity index (χ3v) is 5.29. The molecule has 2 atom stereocenters. The maximum Gasteiger partial charge on any atom is 0.407 e. The van der Waals surface area contributed by atoms with E-state index in [0.717, 1.165) is 19.3 Å². The average molecular weight is 387 g/mol. The predicted octanol–water partition coefficient (Wildman–Crippen LogP) is 5.43. The largest absolute Gasteiger partial charge is 0.444 e. The predicted molar refractivity (Wildman–Crippen MR) is 112 cm³/mol. The van der Waals surface area contributed by atoms with E-state index in [4.69, 9.17) is 9.47 Å². The van der Waals surface area contributed by atoms with Gasteiger partial charge in [-0.15, -0.1) is 0 Å². The van der Waals surface area contributed by atoms with E-state index in [-0.39, 0.29) is 23.8 Å². The first-order valence-electron chi connectivity index (χ1n) is 10.3. The Morgan fingerprint density at radius 3 is 2.61 bits per heavy atom. The lowest BCUT2D eigenvalue weighted by molar-refractivity contribution is 0.0528. The number of carbonyl (C=O) groups excluding carboxylic acids is 1. The minimum Gasteiger partial charge on any atom is -0.444 e. The summed E-state index contributed by atoms with van der Waals surface area (Å²) >= 11 is 0. The Balaban J connectivity index is 1.71. The molecule has 1 saturated heterocycles. The molecule has 1 amide bonds. The van der Waals surface area contributed by atoms with Gasteiger partial charge in [0.25, 0.3) is 0 Å². The number of ether oxygens (including phenoxy) is 2. The minimum absolute atomic E-state index is 0.0963. The van der Waals surface area contributed by atoms with E-state index < -0.39 is 5.60 Å². The Bertz CT molecular complexity index is 832. The molecule has 0 saturated carbocycles. The van der Waals surface area contributed by atoms with Crippen molar-refractivity contribution in [3.05, 3.63) is 36.0 Å². The molecule has 154 valence electrons. The normalized spacial score (nSPS) is 19.6. The molecule has 1 aliphatic rings. The smallest absolute Gasteiger partial charge is 0.407 e. The van der Waals surface area contributed by atoms with Gasteiger partial charge < -0.3 is 19.4 Å². The number of benzene rings is 1. The zero-order valence-corrected chi connectivity index (χ0v) is 18.0. The molecule has 0 aliphatic carbocycles. The number of fused-ring (bicyclic) bond motifs is 1. The Hall–Kier alpha value is -2.01. The van der Waals surface area contributed by atoms with Gasteiger partial charge >= 0.3 is 6.09 Å². The molecule has 28 heavy (non-hydrogen) atoms. The number of para-hydroxylation sites is 1. The number of aromatic nitrogens is 1. The van der Waals surface area contributed by atoms with Crippen LogP contribution in [0.2, 0.25) is 0 Å². The molecular weight excluding hydrogens is 352 g/mol. The summed E-state index contributed by atoms with van der Waals surface area (Å²) in [7, 11) is 0. The maximum atomic E-state index is 11.9. The zero-order chi connectivity index (χ0) is 20.5. The van der Waals surface area contributed by atoms with Crippen LogP contribution >= 0.6 is 0 Å². The molecule has 2 unspecified atom stereocenters. The van der Waals surface area contributed by atoms with Gasteiger partial charge in [-0.25, -0.2) is 4.79 Å². The van der Waals surface area contributed by atoms with Gasteiger partial charge in [-0.1, -0.05) is 45.4 Å². The summed E-state index contributed by atoms with van der Waals surface area (Å²) < 4.78 is 13.7. The van der Waals surface area contributed by atoms with Crippen molar-refractivity contribution >= 4 is 17.0 Å². The first-order chi connectivity index (χ1) is 13.1. The van der Waals surface area contributed by atoms with Crippen molar-refractivity contribution in [2.45, 2.75) is 78.7 Å². The number of hydrogen-bond donors (Lipinski definition) is 1. The molecule has 1 fully saturated rings. The summed E-state index contributed by atoms with van der Waals surface area (Å²) in [5.74, 6) is 0. The van der Waals surface area contributed by atoms with Crippen LogP contribution in [-0.4, -0.2) is 28.9 Å². The summed E-state index contributed by atoms with van der Waals surface area (Å²) in [6.07, 6.45) is 5.22. The van der Waals surface area contributed by atoms with Crippen LogP contribution in [0.3, 0.4) is 0 Å². The van der Waals surface area contributed by atoms with Crippen LogP contribution in [-0.2, 0) is 15.9 Å². The van der Waals surface area contributed by atoms with Crippen molar-refractivity contribution in [1.29, 1.82) is 0 Å². The van der Waals surface area contributed by atoms with Gasteiger partial charge in [-0.2, -0.15) is 0 Å². The minimum atomic E-state index is -0.482. The van der Waals surface area contributed by atoms with Crippen molar-refractivity contribution in [2.75, 3.05) is 6.54 Å². The fourth-order valence-corrected chi connectivity index (χ4v) is 3.97. The van der Waals surface area contributed by atoms with E-state index in [9.17, 15) is 4.79 Å². The highest BCUT2D eigenvalue weighted by atomic mass is 16.6. The molecule has 1 aliphatic heterocycles. The number of hydrogen-bond acceptors (Lipinski definition) is 3. The highest BCUT2D eigenvalue weighted by Crippen LogP contribution is 2.49. The van der Waals surface area contributed by atoms with E-state index >= 15 is 0 Å². The average Bonchev–Trinajstić information content (AvgIpc) is 3.31. The molecule has 3 rings (SSSR count). The molecule has 1 N–H and O–H groups in total. The number of rotatable bonds is 7. The molecule has 1 aromatic carbocycles. The molecule has 0 spiro atoms. The highest BCUT2D eigenvalue weighted by Gasteiger charge is 2.50. The Kier molecular flexibility index (Phi) is 5.76. The topological polar surface area (TPSA) is 55.8 Å². The van der Waals surface area contributed by atoms with Crippen molar-refractivity contribution in [1.82, 2.24) is 9.88 Å². The molecule has 0 radical (unpaired) electrons. The second-order valence-corrected chi connectivity index (χ2v) is 9.44. The third-order valence-electron chi connectivity index (χ3n) is 5.29. The van der Waals surface area contributed by atoms with E-state index in [1.165, 1.54) is 16.5 Å². The monoisotopic (exact) mass is 386 g/mol. The van der Waals surface area contributed by atoms with E-state index in [1.807, 2.05) is 20.8 Å². The summed E-state index contributed by atoms with van der Waals surface area (Å²) in [6, 6.07) is 8.41. The number of alkyl carbamates (subject to hydrolysis) is 1. The Morgan fingerprint density at radius 2 is 1.93 bits per heavy atom. The number of nitrogens with zero attached hydrogens (tertiary/aromatic N) is 1. The summed E-state index contributed by atoms with van der Waals surface area (Å²) in [5.41, 5.74) is 2.09. The van der Waals surface area contributed by atoms with Crippen molar-refractivity contribution < 1.29 is 14.3 Å². The van der Waals surface area contributed by atoms with Crippen LogP contribution < -0.4 is 5.32 Å². The number of nitrogens with one attached hydrogen (secondary N) is 1. The van der Waals surface area contributed by atoms with Crippen LogP contribution in [0.4, 0.5) is 4.79 Å². The summed E-state index contributed by atoms with van der Waals surface area (Å²) in [5, 5.41) is 4.07. The quantitative estimate of drug-likeness (QED) is 0.645. The van der Waals surface area contributed by atoms with Gasteiger partial charge in [-0.05, 0) is 50.7 Å². The van der Waals surface area contributed by atoms with Crippen molar-refractivity contribution in [3.63, 3.8) is 0 Å². The molecule has 5 heteroatoms. The lowest BCUT2D eigenvalue weighted by Crippen LogP contribution is -2.33. The van der Waals surface area contributed by atoms with Crippen LogP contribution in [0.25, 0.3) is 10.9 Å². The fourth-order valence-electron chi connectivity index (χ4n) is 3.97. The molecule has 2 heterocycles. The molecule has 1 aromatic heterocycles. The van der Waals surface area contributed by atoms with Crippen LogP contribution in [0, 0.1) is 5.41 Å². The van der Waals surface area contributed by atoms with Crippen molar-refractivity contribution in [2.24, 2.45) is 5.41 Å². The van der Waals surface area contributed by atoms with E-state index in [2.05, 4.69) is 61.1 Å². The number of amides is 1.